The summed E-state index contributed by atoms with van der Waals surface area (Å²) in [5.74, 6) is 0.377. The van der Waals surface area contributed by atoms with E-state index in [0.29, 0.717) is 16.1 Å². The van der Waals surface area contributed by atoms with Gasteiger partial charge in [-0.25, -0.2) is 0 Å². The van der Waals surface area contributed by atoms with E-state index in [9.17, 15) is 4.79 Å². The zero-order valence-corrected chi connectivity index (χ0v) is 16.1. The van der Waals surface area contributed by atoms with Crippen LogP contribution in [0.25, 0.3) is 32.0 Å². The third kappa shape index (κ3) is 2.53. The molecule has 5 rings (SSSR count). The summed E-state index contributed by atoms with van der Waals surface area (Å²) in [6, 6.07) is 19.6. The van der Waals surface area contributed by atoms with Crippen LogP contribution in [-0.2, 0) is 7.05 Å². The van der Waals surface area contributed by atoms with E-state index in [0.717, 1.165) is 21.0 Å². The van der Waals surface area contributed by atoms with Gasteiger partial charge in [0.05, 0.1) is 17.3 Å². The standard InChI is InChI=1S/C22H16N2O3S/c1-24-16-11-10-13-6-3-4-8-15(13)20(16)28-22(24)23-21(25)18-12-14-7-5-9-17(26-2)19(14)27-18/h3-12H,1-2H3. The minimum Gasteiger partial charge on any atom is -0.493 e. The molecule has 0 unspecified atom stereocenters. The monoisotopic (exact) mass is 388 g/mol. The Balaban J connectivity index is 1.66. The Labute approximate surface area is 164 Å². The average Bonchev–Trinajstić information content (AvgIpc) is 3.30. The second kappa shape index (κ2) is 6.35. The van der Waals surface area contributed by atoms with Crippen molar-refractivity contribution in [1.29, 1.82) is 0 Å². The third-order valence-corrected chi connectivity index (χ3v) is 6.02. The van der Waals surface area contributed by atoms with Crippen LogP contribution in [0.5, 0.6) is 5.75 Å². The quantitative estimate of drug-likeness (QED) is 0.433. The molecule has 0 aliphatic heterocycles. The lowest BCUT2D eigenvalue weighted by Gasteiger charge is -1.99. The Kier molecular flexibility index (Phi) is 3.80. The first-order valence-electron chi connectivity index (χ1n) is 8.78. The Morgan fingerprint density at radius 1 is 1.07 bits per heavy atom. The van der Waals surface area contributed by atoms with Crippen molar-refractivity contribution < 1.29 is 13.9 Å². The second-order valence-electron chi connectivity index (χ2n) is 6.48. The lowest BCUT2D eigenvalue weighted by atomic mass is 10.1. The topological polar surface area (TPSA) is 56.7 Å². The molecule has 0 aliphatic rings. The SMILES string of the molecule is COc1cccc2cc(C(=O)N=c3sc4c5ccccc5ccc4n3C)oc12. The van der Waals surface area contributed by atoms with Crippen molar-refractivity contribution in [3.8, 4) is 5.75 Å². The summed E-state index contributed by atoms with van der Waals surface area (Å²) in [6.07, 6.45) is 0. The first-order chi connectivity index (χ1) is 13.7. The van der Waals surface area contributed by atoms with E-state index in [4.69, 9.17) is 9.15 Å². The summed E-state index contributed by atoms with van der Waals surface area (Å²) in [7, 11) is 3.49. The van der Waals surface area contributed by atoms with Crippen LogP contribution >= 0.6 is 11.3 Å². The summed E-state index contributed by atoms with van der Waals surface area (Å²) in [5.41, 5.74) is 1.59. The summed E-state index contributed by atoms with van der Waals surface area (Å²) < 4.78 is 14.1. The molecule has 0 fully saturated rings. The Morgan fingerprint density at radius 3 is 2.75 bits per heavy atom. The van der Waals surface area contributed by atoms with E-state index < -0.39 is 5.91 Å². The molecule has 0 radical (unpaired) electrons. The molecule has 2 heterocycles. The van der Waals surface area contributed by atoms with Crippen LogP contribution in [0.1, 0.15) is 10.6 Å². The number of methoxy groups -OCH3 is 1. The number of aromatic nitrogens is 1. The van der Waals surface area contributed by atoms with Gasteiger partial charge in [0.25, 0.3) is 0 Å². The van der Waals surface area contributed by atoms with Gasteiger partial charge in [-0.05, 0) is 23.6 Å². The molecule has 0 saturated carbocycles. The van der Waals surface area contributed by atoms with Gasteiger partial charge in [-0.3, -0.25) is 4.79 Å². The zero-order valence-electron chi connectivity index (χ0n) is 15.3. The van der Waals surface area contributed by atoms with Gasteiger partial charge in [0.15, 0.2) is 21.9 Å². The highest BCUT2D eigenvalue weighted by Gasteiger charge is 2.15. The largest absolute Gasteiger partial charge is 0.493 e. The number of amides is 1. The van der Waals surface area contributed by atoms with E-state index in [1.807, 2.05) is 35.9 Å². The summed E-state index contributed by atoms with van der Waals surface area (Å²) in [6.45, 7) is 0. The first kappa shape index (κ1) is 16.8. The number of thiazole rings is 1. The van der Waals surface area contributed by atoms with E-state index in [1.54, 1.807) is 19.2 Å². The van der Waals surface area contributed by atoms with E-state index in [-0.39, 0.29) is 5.76 Å². The van der Waals surface area contributed by atoms with Crippen molar-refractivity contribution >= 4 is 49.2 Å². The van der Waals surface area contributed by atoms with Crippen molar-refractivity contribution in [1.82, 2.24) is 4.57 Å². The van der Waals surface area contributed by atoms with Gasteiger partial charge in [0, 0.05) is 17.8 Å². The van der Waals surface area contributed by atoms with Crippen LogP contribution in [0, 0.1) is 0 Å². The number of hydrogen-bond donors (Lipinski definition) is 0. The minimum absolute atomic E-state index is 0.196. The van der Waals surface area contributed by atoms with Gasteiger partial charge < -0.3 is 13.7 Å². The number of aryl methyl sites for hydroxylation is 1. The van der Waals surface area contributed by atoms with Crippen molar-refractivity contribution in [2.75, 3.05) is 7.11 Å². The smallest absolute Gasteiger partial charge is 0.315 e. The lowest BCUT2D eigenvalue weighted by Crippen LogP contribution is -2.12. The van der Waals surface area contributed by atoms with Crippen molar-refractivity contribution in [3.05, 3.63) is 71.2 Å². The van der Waals surface area contributed by atoms with E-state index in [1.165, 1.54) is 16.7 Å². The molecule has 0 aliphatic carbocycles. The Hall–Kier alpha value is -3.38. The molecule has 0 bridgehead atoms. The van der Waals surface area contributed by atoms with Gasteiger partial charge in [0.1, 0.15) is 0 Å². The fourth-order valence-electron chi connectivity index (χ4n) is 3.41. The van der Waals surface area contributed by atoms with Gasteiger partial charge >= 0.3 is 5.91 Å². The van der Waals surface area contributed by atoms with Gasteiger partial charge in [-0.15, -0.1) is 0 Å². The lowest BCUT2D eigenvalue weighted by molar-refractivity contribution is 0.0973. The highest BCUT2D eigenvalue weighted by atomic mass is 32.1. The molecule has 1 amide bonds. The van der Waals surface area contributed by atoms with Crippen LogP contribution in [0.4, 0.5) is 0 Å². The molecule has 5 aromatic rings. The maximum absolute atomic E-state index is 12.8. The van der Waals surface area contributed by atoms with Crippen molar-refractivity contribution in [3.63, 3.8) is 0 Å². The number of hydrogen-bond acceptors (Lipinski definition) is 4. The minimum atomic E-state index is -0.412. The maximum atomic E-state index is 12.8. The number of para-hydroxylation sites is 1. The number of nitrogens with zero attached hydrogens (tertiary/aromatic N) is 2. The normalized spacial score (nSPS) is 12.3. The number of furan rings is 1. The molecular weight excluding hydrogens is 372 g/mol. The molecule has 28 heavy (non-hydrogen) atoms. The first-order valence-corrected chi connectivity index (χ1v) is 9.60. The molecule has 2 aromatic heterocycles. The predicted molar refractivity (Wildman–Crippen MR) is 111 cm³/mol. The van der Waals surface area contributed by atoms with Crippen LogP contribution in [0.15, 0.2) is 70.1 Å². The van der Waals surface area contributed by atoms with Crippen LogP contribution in [0.3, 0.4) is 0 Å². The highest BCUT2D eigenvalue weighted by Crippen LogP contribution is 2.29. The Morgan fingerprint density at radius 2 is 1.89 bits per heavy atom. The summed E-state index contributed by atoms with van der Waals surface area (Å²) in [5, 5.41) is 3.13. The average molecular weight is 388 g/mol. The molecule has 0 saturated heterocycles. The molecule has 138 valence electrons. The zero-order chi connectivity index (χ0) is 19.3. The van der Waals surface area contributed by atoms with E-state index >= 15 is 0 Å². The van der Waals surface area contributed by atoms with Gasteiger partial charge in [-0.2, -0.15) is 4.99 Å². The van der Waals surface area contributed by atoms with Crippen LogP contribution < -0.4 is 9.54 Å². The second-order valence-corrected chi connectivity index (χ2v) is 7.46. The number of rotatable bonds is 2. The van der Waals surface area contributed by atoms with Crippen molar-refractivity contribution in [2.24, 2.45) is 12.0 Å². The van der Waals surface area contributed by atoms with Gasteiger partial charge in [0.2, 0.25) is 0 Å². The molecule has 3 aromatic carbocycles. The number of fused-ring (bicyclic) bond motifs is 4. The highest BCUT2D eigenvalue weighted by molar-refractivity contribution is 7.17. The fraction of sp³-hybridized carbons (Fsp3) is 0.0909. The van der Waals surface area contributed by atoms with E-state index in [2.05, 4.69) is 29.3 Å². The molecule has 0 N–H and O–H groups in total. The molecule has 0 spiro atoms. The summed E-state index contributed by atoms with van der Waals surface area (Å²) in [4.78, 5) is 17.7. The molecular formula is C22H16N2O3S. The van der Waals surface area contributed by atoms with Gasteiger partial charge in [-0.1, -0.05) is 53.8 Å². The third-order valence-electron chi connectivity index (χ3n) is 4.84. The molecule has 5 nitrogen and oxygen atoms in total. The fourth-order valence-corrected chi connectivity index (χ4v) is 4.56. The molecule has 0 atom stereocenters. The maximum Gasteiger partial charge on any atom is 0.315 e. The van der Waals surface area contributed by atoms with Crippen LogP contribution in [0.2, 0.25) is 0 Å². The molecule has 6 heteroatoms. The Bertz CT molecular complexity index is 1440. The van der Waals surface area contributed by atoms with Crippen LogP contribution in [-0.4, -0.2) is 17.6 Å². The van der Waals surface area contributed by atoms with Crippen molar-refractivity contribution in [2.45, 2.75) is 0 Å². The predicted octanol–water partition coefficient (Wildman–Crippen LogP) is 4.89. The number of carbonyl (C=O) groups is 1. The number of benzene rings is 3. The number of ether oxygens (including phenoxy) is 1. The summed E-state index contributed by atoms with van der Waals surface area (Å²) >= 11 is 1.50. The number of carbonyl (C=O) groups excluding carboxylic acids is 1.